The number of rotatable bonds is 7. The maximum atomic E-state index is 13.8. The molecule has 0 spiro atoms. The van der Waals surface area contributed by atoms with Gasteiger partial charge in [0.2, 0.25) is 10.0 Å². The SMILES string of the molecule is O=S(=O)(c1ccc(-c2ccnc3c2cc(Cn2ncnn2)n3S(=O)(=O)c2ccccc2)cc1)N1CCCC1. The van der Waals surface area contributed by atoms with E-state index in [1.807, 2.05) is 0 Å². The van der Waals surface area contributed by atoms with E-state index in [0.29, 0.717) is 24.2 Å². The van der Waals surface area contributed by atoms with E-state index in [0.717, 1.165) is 24.0 Å². The number of benzene rings is 2. The molecule has 1 fully saturated rings. The lowest BCUT2D eigenvalue weighted by molar-refractivity contribution is 0.477. The van der Waals surface area contributed by atoms with Gasteiger partial charge in [-0.1, -0.05) is 30.3 Å². The van der Waals surface area contributed by atoms with Gasteiger partial charge in [0.15, 0.2) is 12.0 Å². The van der Waals surface area contributed by atoms with Gasteiger partial charge >= 0.3 is 0 Å². The highest BCUT2D eigenvalue weighted by Crippen LogP contribution is 2.33. The summed E-state index contributed by atoms with van der Waals surface area (Å²) >= 11 is 0. The summed E-state index contributed by atoms with van der Waals surface area (Å²) < 4.78 is 56.2. The van der Waals surface area contributed by atoms with Crippen molar-refractivity contribution in [2.24, 2.45) is 0 Å². The van der Waals surface area contributed by atoms with Crippen molar-refractivity contribution in [3.63, 3.8) is 0 Å². The molecular weight excluding hydrogens is 526 g/mol. The number of hydrogen-bond acceptors (Lipinski definition) is 8. The van der Waals surface area contributed by atoms with Gasteiger partial charge in [-0.3, -0.25) is 0 Å². The van der Waals surface area contributed by atoms with Crippen LogP contribution in [0.3, 0.4) is 0 Å². The molecule has 3 aromatic heterocycles. The molecule has 1 aliphatic heterocycles. The van der Waals surface area contributed by atoms with E-state index in [-0.39, 0.29) is 22.0 Å². The molecule has 38 heavy (non-hydrogen) atoms. The van der Waals surface area contributed by atoms with E-state index < -0.39 is 20.0 Å². The molecule has 0 N–H and O–H groups in total. The van der Waals surface area contributed by atoms with Gasteiger partial charge in [0.05, 0.1) is 15.5 Å². The Kier molecular flexibility index (Phi) is 6.05. The van der Waals surface area contributed by atoms with Crippen LogP contribution in [0.5, 0.6) is 0 Å². The van der Waals surface area contributed by atoms with Gasteiger partial charge < -0.3 is 0 Å². The van der Waals surface area contributed by atoms with Crippen molar-refractivity contribution in [1.82, 2.24) is 33.5 Å². The van der Waals surface area contributed by atoms with Crippen LogP contribution >= 0.6 is 0 Å². The van der Waals surface area contributed by atoms with E-state index in [4.69, 9.17) is 0 Å². The molecule has 0 radical (unpaired) electrons. The molecule has 1 saturated heterocycles. The van der Waals surface area contributed by atoms with Gasteiger partial charge in [-0.25, -0.2) is 25.8 Å². The minimum absolute atomic E-state index is 0.0505. The third kappa shape index (κ3) is 4.18. The highest BCUT2D eigenvalue weighted by atomic mass is 32.2. The molecule has 1 aliphatic rings. The molecule has 0 aliphatic carbocycles. The van der Waals surface area contributed by atoms with Gasteiger partial charge in [-0.2, -0.15) is 9.10 Å². The minimum atomic E-state index is -4.01. The molecule has 13 heteroatoms. The fourth-order valence-electron chi connectivity index (χ4n) is 4.75. The topological polar surface area (TPSA) is 133 Å². The number of sulfonamides is 1. The lowest BCUT2D eigenvalue weighted by Crippen LogP contribution is -2.27. The predicted molar refractivity (Wildman–Crippen MR) is 139 cm³/mol. The van der Waals surface area contributed by atoms with Crippen molar-refractivity contribution >= 4 is 31.1 Å². The van der Waals surface area contributed by atoms with E-state index in [2.05, 4.69) is 20.4 Å². The van der Waals surface area contributed by atoms with E-state index in [9.17, 15) is 16.8 Å². The normalized spacial score (nSPS) is 14.8. The first-order valence-electron chi connectivity index (χ1n) is 12.0. The summed E-state index contributed by atoms with van der Waals surface area (Å²) in [5.74, 6) is 0. The maximum Gasteiger partial charge on any atom is 0.269 e. The predicted octanol–water partition coefficient (Wildman–Crippen LogP) is 2.76. The Labute approximate surface area is 219 Å². The van der Waals surface area contributed by atoms with Crippen molar-refractivity contribution in [2.45, 2.75) is 29.2 Å². The zero-order valence-electron chi connectivity index (χ0n) is 20.1. The van der Waals surface area contributed by atoms with Crippen LogP contribution in [-0.2, 0) is 26.6 Å². The molecule has 0 bridgehead atoms. The number of hydrogen-bond donors (Lipinski definition) is 0. The second kappa shape index (κ2) is 9.42. The fourth-order valence-corrected chi connectivity index (χ4v) is 7.77. The van der Waals surface area contributed by atoms with Crippen LogP contribution in [0.4, 0.5) is 0 Å². The molecule has 5 aromatic rings. The van der Waals surface area contributed by atoms with Gasteiger partial charge in [-0.15, -0.1) is 10.2 Å². The first kappa shape index (κ1) is 24.4. The average molecular weight is 550 g/mol. The van der Waals surface area contributed by atoms with Crippen LogP contribution in [0.2, 0.25) is 0 Å². The summed E-state index contributed by atoms with van der Waals surface area (Å²) in [6.45, 7) is 1.11. The summed E-state index contributed by atoms with van der Waals surface area (Å²) in [5, 5.41) is 12.2. The summed E-state index contributed by atoms with van der Waals surface area (Å²) in [6, 6.07) is 18.3. The van der Waals surface area contributed by atoms with Crippen LogP contribution in [0.15, 0.2) is 89.0 Å². The van der Waals surface area contributed by atoms with Crippen molar-refractivity contribution in [3.8, 4) is 11.1 Å². The van der Waals surface area contributed by atoms with Crippen molar-refractivity contribution in [2.75, 3.05) is 13.1 Å². The summed E-state index contributed by atoms with van der Waals surface area (Å²) in [4.78, 5) is 6.08. The molecule has 4 heterocycles. The van der Waals surface area contributed by atoms with E-state index in [1.54, 1.807) is 60.8 Å². The second-order valence-corrected chi connectivity index (χ2v) is 12.6. The van der Waals surface area contributed by atoms with Crippen LogP contribution in [-0.4, -0.2) is 63.4 Å². The standard InChI is InChI=1S/C25H23N7O4S2/c33-37(34,30-14-4-5-15-30)22-10-8-19(9-11-22)23-12-13-26-25-24(23)16-20(17-31-28-18-27-29-31)32(25)38(35,36)21-6-2-1-3-7-21/h1-3,6-13,16,18H,4-5,14-15,17H2. The number of tetrazole rings is 1. The van der Waals surface area contributed by atoms with Crippen LogP contribution in [0.25, 0.3) is 22.2 Å². The van der Waals surface area contributed by atoms with E-state index >= 15 is 0 Å². The summed E-state index contributed by atoms with van der Waals surface area (Å²) in [6.07, 6.45) is 4.55. The first-order valence-corrected chi connectivity index (χ1v) is 14.8. The molecule has 2 aromatic carbocycles. The molecule has 0 saturated carbocycles. The average Bonchev–Trinajstić information content (AvgIpc) is 3.71. The van der Waals surface area contributed by atoms with Crippen molar-refractivity contribution in [1.29, 1.82) is 0 Å². The summed E-state index contributed by atoms with van der Waals surface area (Å²) in [7, 11) is -7.56. The Hall–Kier alpha value is -3.94. The molecule has 11 nitrogen and oxygen atoms in total. The van der Waals surface area contributed by atoms with Crippen molar-refractivity contribution < 1.29 is 16.8 Å². The number of pyridine rings is 1. The maximum absolute atomic E-state index is 13.8. The monoisotopic (exact) mass is 549 g/mol. The zero-order chi connectivity index (χ0) is 26.3. The second-order valence-electron chi connectivity index (χ2n) is 8.92. The fraction of sp³-hybridized carbons (Fsp3) is 0.200. The molecular formula is C25H23N7O4S2. The molecule has 6 rings (SSSR count). The Balaban J connectivity index is 1.49. The zero-order valence-corrected chi connectivity index (χ0v) is 21.8. The van der Waals surface area contributed by atoms with Gasteiger partial charge in [-0.05, 0) is 65.6 Å². The Morgan fingerprint density at radius 1 is 0.816 bits per heavy atom. The third-order valence-corrected chi connectivity index (χ3v) is 10.2. The number of fused-ring (bicyclic) bond motifs is 1. The van der Waals surface area contributed by atoms with Crippen LogP contribution < -0.4 is 0 Å². The van der Waals surface area contributed by atoms with Crippen LogP contribution in [0, 0.1) is 0 Å². The van der Waals surface area contributed by atoms with Gasteiger partial charge in [0.25, 0.3) is 10.0 Å². The van der Waals surface area contributed by atoms with Crippen LogP contribution in [0.1, 0.15) is 18.5 Å². The molecule has 0 atom stereocenters. The van der Waals surface area contributed by atoms with Crippen molar-refractivity contribution in [3.05, 3.63) is 84.9 Å². The lowest BCUT2D eigenvalue weighted by Gasteiger charge is -2.15. The smallest absolute Gasteiger partial charge is 0.237 e. The number of aromatic nitrogens is 6. The first-order chi connectivity index (χ1) is 18.4. The Morgan fingerprint density at radius 2 is 1.53 bits per heavy atom. The third-order valence-electron chi connectivity index (χ3n) is 6.58. The largest absolute Gasteiger partial charge is 0.269 e. The molecule has 0 amide bonds. The Bertz CT molecular complexity index is 1810. The highest BCUT2D eigenvalue weighted by molar-refractivity contribution is 7.90. The Morgan fingerprint density at radius 3 is 2.21 bits per heavy atom. The lowest BCUT2D eigenvalue weighted by atomic mass is 10.0. The van der Waals surface area contributed by atoms with E-state index in [1.165, 1.54) is 31.5 Å². The molecule has 194 valence electrons. The van der Waals surface area contributed by atoms with Gasteiger partial charge in [0, 0.05) is 24.7 Å². The quantitative estimate of drug-likeness (QED) is 0.303. The molecule has 0 unspecified atom stereocenters. The summed E-state index contributed by atoms with van der Waals surface area (Å²) in [5.41, 5.74) is 2.10. The minimum Gasteiger partial charge on any atom is -0.237 e. The number of nitrogens with zero attached hydrogens (tertiary/aromatic N) is 7. The highest BCUT2D eigenvalue weighted by Gasteiger charge is 2.28. The van der Waals surface area contributed by atoms with Gasteiger partial charge in [0.1, 0.15) is 6.54 Å².